The molecule has 1 N–H and O–H groups in total. The molecule has 1 unspecified atom stereocenters. The van der Waals surface area contributed by atoms with Crippen LogP contribution in [0.4, 0.5) is 0 Å². The fourth-order valence-electron chi connectivity index (χ4n) is 1.48. The summed E-state index contributed by atoms with van der Waals surface area (Å²) in [4.78, 5) is 10.6. The zero-order valence-corrected chi connectivity index (χ0v) is 8.54. The van der Waals surface area contributed by atoms with Crippen LogP contribution >= 0.6 is 22.6 Å². The van der Waals surface area contributed by atoms with E-state index in [2.05, 4.69) is 34.0 Å². The molecule has 0 amide bonds. The third-order valence-corrected chi connectivity index (χ3v) is 2.76. The molecule has 0 spiro atoms. The number of carbonyl (C=O) groups excluding carboxylic acids is 1. The van der Waals surface area contributed by atoms with Gasteiger partial charge in [-0.3, -0.25) is 5.32 Å². The molecule has 1 atom stereocenters. The van der Waals surface area contributed by atoms with Gasteiger partial charge in [-0.1, -0.05) is 6.07 Å². The van der Waals surface area contributed by atoms with Crippen LogP contribution in [0.5, 0.6) is 0 Å². The average molecular weight is 273 g/mol. The van der Waals surface area contributed by atoms with E-state index in [4.69, 9.17) is 0 Å². The molecule has 1 aromatic carbocycles. The first-order valence-corrected chi connectivity index (χ1v) is 4.86. The first-order valence-electron chi connectivity index (χ1n) is 3.78. The number of halogens is 1. The van der Waals surface area contributed by atoms with Crippen molar-refractivity contribution >= 4 is 28.9 Å². The standard InChI is InChI=1S/C9H8INO/c10-7-1-2-8-6(3-7)4-11-9(8)5-12/h1-3,5,9,11H,4H2. The second-order valence-corrected chi connectivity index (χ2v) is 4.08. The summed E-state index contributed by atoms with van der Waals surface area (Å²) in [6.45, 7) is 0.815. The van der Waals surface area contributed by atoms with Gasteiger partial charge >= 0.3 is 0 Å². The number of fused-ring (bicyclic) bond motifs is 1. The molecule has 0 saturated carbocycles. The van der Waals surface area contributed by atoms with Crippen LogP contribution in [0, 0.1) is 3.57 Å². The molecule has 1 aliphatic rings. The normalized spacial score (nSPS) is 20.6. The second-order valence-electron chi connectivity index (χ2n) is 2.84. The van der Waals surface area contributed by atoms with Gasteiger partial charge in [0.2, 0.25) is 0 Å². The minimum absolute atomic E-state index is 0.0861. The van der Waals surface area contributed by atoms with Crippen molar-refractivity contribution < 1.29 is 4.79 Å². The summed E-state index contributed by atoms with van der Waals surface area (Å²) in [6.07, 6.45) is 0.957. The van der Waals surface area contributed by atoms with Gasteiger partial charge in [0, 0.05) is 10.1 Å². The maximum absolute atomic E-state index is 10.6. The summed E-state index contributed by atoms with van der Waals surface area (Å²) in [7, 11) is 0. The molecular formula is C9H8INO. The summed E-state index contributed by atoms with van der Waals surface area (Å²) in [5.41, 5.74) is 2.38. The molecule has 12 heavy (non-hydrogen) atoms. The summed E-state index contributed by atoms with van der Waals surface area (Å²) < 4.78 is 1.22. The van der Waals surface area contributed by atoms with E-state index in [9.17, 15) is 4.79 Å². The molecule has 0 fully saturated rings. The number of benzene rings is 1. The van der Waals surface area contributed by atoms with Crippen molar-refractivity contribution in [1.29, 1.82) is 0 Å². The minimum Gasteiger partial charge on any atom is -0.301 e. The molecule has 0 radical (unpaired) electrons. The van der Waals surface area contributed by atoms with Crippen molar-refractivity contribution in [3.63, 3.8) is 0 Å². The van der Waals surface area contributed by atoms with E-state index < -0.39 is 0 Å². The van der Waals surface area contributed by atoms with Gasteiger partial charge in [0.25, 0.3) is 0 Å². The van der Waals surface area contributed by atoms with Gasteiger partial charge in [-0.25, -0.2) is 0 Å². The Morgan fingerprint density at radius 3 is 3.17 bits per heavy atom. The minimum atomic E-state index is -0.0861. The summed E-state index contributed by atoms with van der Waals surface area (Å²) in [6, 6.07) is 6.09. The Kier molecular flexibility index (Phi) is 2.14. The van der Waals surface area contributed by atoms with E-state index in [0.29, 0.717) is 0 Å². The molecule has 1 heterocycles. The van der Waals surface area contributed by atoms with Crippen molar-refractivity contribution in [2.45, 2.75) is 12.6 Å². The lowest BCUT2D eigenvalue weighted by Crippen LogP contribution is -2.12. The van der Waals surface area contributed by atoms with Gasteiger partial charge < -0.3 is 4.79 Å². The molecule has 2 nitrogen and oxygen atoms in total. The number of aldehydes is 1. The van der Waals surface area contributed by atoms with E-state index in [1.54, 1.807) is 0 Å². The van der Waals surface area contributed by atoms with Gasteiger partial charge in [0.15, 0.2) is 0 Å². The Bertz CT molecular complexity index is 324. The van der Waals surface area contributed by atoms with Crippen LogP contribution < -0.4 is 5.32 Å². The highest BCUT2D eigenvalue weighted by atomic mass is 127. The molecule has 0 bridgehead atoms. The zero-order chi connectivity index (χ0) is 8.55. The Balaban J connectivity index is 2.47. The van der Waals surface area contributed by atoms with Crippen LogP contribution in [-0.2, 0) is 11.3 Å². The van der Waals surface area contributed by atoms with Crippen molar-refractivity contribution in [3.05, 3.63) is 32.9 Å². The van der Waals surface area contributed by atoms with Gasteiger partial charge in [-0.2, -0.15) is 0 Å². The maximum Gasteiger partial charge on any atom is 0.141 e. The first-order chi connectivity index (χ1) is 5.81. The van der Waals surface area contributed by atoms with Gasteiger partial charge in [0.05, 0.1) is 6.04 Å². The van der Waals surface area contributed by atoms with Gasteiger partial charge in [-0.05, 0) is 45.9 Å². The second kappa shape index (κ2) is 3.14. The molecule has 0 aliphatic carbocycles. The Labute approximate surface area is 84.5 Å². The molecule has 1 aromatic rings. The van der Waals surface area contributed by atoms with Crippen LogP contribution in [0.2, 0.25) is 0 Å². The van der Waals surface area contributed by atoms with Crippen LogP contribution in [0.25, 0.3) is 0 Å². The smallest absolute Gasteiger partial charge is 0.141 e. The molecule has 2 rings (SSSR count). The molecule has 0 saturated heterocycles. The third kappa shape index (κ3) is 1.27. The lowest BCUT2D eigenvalue weighted by atomic mass is 10.1. The first kappa shape index (κ1) is 8.19. The highest BCUT2D eigenvalue weighted by Gasteiger charge is 2.20. The van der Waals surface area contributed by atoms with E-state index >= 15 is 0 Å². The fraction of sp³-hybridized carbons (Fsp3) is 0.222. The van der Waals surface area contributed by atoms with E-state index in [0.717, 1.165) is 18.4 Å². The van der Waals surface area contributed by atoms with Crippen molar-refractivity contribution in [2.24, 2.45) is 0 Å². The molecular weight excluding hydrogens is 265 g/mol. The molecule has 3 heteroatoms. The number of carbonyl (C=O) groups is 1. The SMILES string of the molecule is O=CC1NCc2cc(I)ccc21. The van der Waals surface area contributed by atoms with E-state index in [1.165, 1.54) is 9.13 Å². The Morgan fingerprint density at radius 2 is 2.42 bits per heavy atom. The lowest BCUT2D eigenvalue weighted by molar-refractivity contribution is -0.109. The summed E-state index contributed by atoms with van der Waals surface area (Å²) >= 11 is 2.28. The number of rotatable bonds is 1. The molecule has 62 valence electrons. The largest absolute Gasteiger partial charge is 0.301 e. The van der Waals surface area contributed by atoms with Crippen LogP contribution in [-0.4, -0.2) is 6.29 Å². The predicted octanol–water partition coefficient (Wildman–Crippen LogP) is 1.63. The maximum atomic E-state index is 10.6. The Hall–Kier alpha value is -0.420. The zero-order valence-electron chi connectivity index (χ0n) is 6.38. The van der Waals surface area contributed by atoms with Crippen molar-refractivity contribution in [1.82, 2.24) is 5.32 Å². The van der Waals surface area contributed by atoms with Crippen LogP contribution in [0.1, 0.15) is 17.2 Å². The molecule has 0 aromatic heterocycles. The van der Waals surface area contributed by atoms with Crippen molar-refractivity contribution in [3.8, 4) is 0 Å². The van der Waals surface area contributed by atoms with Crippen LogP contribution in [0.3, 0.4) is 0 Å². The number of nitrogens with one attached hydrogen (secondary N) is 1. The average Bonchev–Trinajstić information content (AvgIpc) is 2.46. The summed E-state index contributed by atoms with van der Waals surface area (Å²) in [5, 5.41) is 3.13. The number of hydrogen-bond acceptors (Lipinski definition) is 2. The highest BCUT2D eigenvalue weighted by Crippen LogP contribution is 2.24. The third-order valence-electron chi connectivity index (χ3n) is 2.09. The van der Waals surface area contributed by atoms with Crippen LogP contribution in [0.15, 0.2) is 18.2 Å². The molecule has 1 aliphatic heterocycles. The Morgan fingerprint density at radius 1 is 1.58 bits per heavy atom. The topological polar surface area (TPSA) is 29.1 Å². The predicted molar refractivity (Wildman–Crippen MR) is 54.8 cm³/mol. The van der Waals surface area contributed by atoms with E-state index in [-0.39, 0.29) is 6.04 Å². The monoisotopic (exact) mass is 273 g/mol. The highest BCUT2D eigenvalue weighted by molar-refractivity contribution is 14.1. The number of hydrogen-bond donors (Lipinski definition) is 1. The van der Waals surface area contributed by atoms with E-state index in [1.807, 2.05) is 12.1 Å². The van der Waals surface area contributed by atoms with Gasteiger partial charge in [0.1, 0.15) is 6.29 Å². The lowest BCUT2D eigenvalue weighted by Gasteiger charge is -2.01. The quantitative estimate of drug-likeness (QED) is 0.622. The summed E-state index contributed by atoms with van der Waals surface area (Å²) in [5.74, 6) is 0. The van der Waals surface area contributed by atoms with Gasteiger partial charge in [-0.15, -0.1) is 0 Å². The van der Waals surface area contributed by atoms with Crippen molar-refractivity contribution in [2.75, 3.05) is 0 Å². The fourth-order valence-corrected chi connectivity index (χ4v) is 2.04.